The highest BCUT2D eigenvalue weighted by molar-refractivity contribution is 5.94. The zero-order valence-corrected chi connectivity index (χ0v) is 12.7. The summed E-state index contributed by atoms with van der Waals surface area (Å²) in [6.07, 6.45) is 1.30. The molecule has 1 aromatic rings. The van der Waals surface area contributed by atoms with Gasteiger partial charge in [-0.3, -0.25) is 4.79 Å². The molecule has 0 saturated carbocycles. The summed E-state index contributed by atoms with van der Waals surface area (Å²) in [5.74, 6) is 0.541. The van der Waals surface area contributed by atoms with E-state index in [4.69, 9.17) is 15.7 Å². The third-order valence-electron chi connectivity index (χ3n) is 3.68. The Labute approximate surface area is 125 Å². The molecule has 0 aliphatic heterocycles. The van der Waals surface area contributed by atoms with Crippen LogP contribution in [0.4, 0.5) is 0 Å². The largest absolute Gasteiger partial charge is 0.497 e. The van der Waals surface area contributed by atoms with Crippen molar-refractivity contribution in [1.82, 2.24) is 5.32 Å². The Balaban J connectivity index is 2.83. The maximum absolute atomic E-state index is 12.2. The van der Waals surface area contributed by atoms with E-state index in [1.165, 1.54) is 0 Å². The van der Waals surface area contributed by atoms with Gasteiger partial charge in [0.05, 0.1) is 13.5 Å². The zero-order valence-electron chi connectivity index (χ0n) is 12.7. The molecule has 0 aliphatic carbocycles. The van der Waals surface area contributed by atoms with Crippen LogP contribution < -0.4 is 15.8 Å². The topological polar surface area (TPSA) is 96.9 Å². The van der Waals surface area contributed by atoms with Gasteiger partial charge in [0.15, 0.2) is 5.84 Å². The number of hydrogen-bond donors (Lipinski definition) is 3. The third-order valence-corrected chi connectivity index (χ3v) is 3.68. The molecular weight excluding hydrogens is 270 g/mol. The second-order valence-electron chi connectivity index (χ2n) is 4.85. The van der Waals surface area contributed by atoms with Crippen molar-refractivity contribution in [3.63, 3.8) is 0 Å². The molecule has 6 heteroatoms. The average molecular weight is 293 g/mol. The van der Waals surface area contributed by atoms with E-state index in [0.717, 1.165) is 5.56 Å². The quantitative estimate of drug-likeness (QED) is 0.308. The highest BCUT2D eigenvalue weighted by Gasteiger charge is 2.33. The fourth-order valence-electron chi connectivity index (χ4n) is 2.23. The molecule has 0 spiro atoms. The van der Waals surface area contributed by atoms with E-state index in [9.17, 15) is 4.79 Å². The lowest BCUT2D eigenvalue weighted by Gasteiger charge is -2.31. The summed E-state index contributed by atoms with van der Waals surface area (Å²) in [6.45, 7) is 3.76. The number of nitrogens with two attached hydrogens (primary N) is 1. The van der Waals surface area contributed by atoms with E-state index in [1.54, 1.807) is 7.11 Å². The summed E-state index contributed by atoms with van der Waals surface area (Å²) in [4.78, 5) is 12.2. The van der Waals surface area contributed by atoms with E-state index < -0.39 is 5.54 Å². The van der Waals surface area contributed by atoms with Crippen molar-refractivity contribution in [2.24, 2.45) is 10.9 Å². The number of benzene rings is 1. The summed E-state index contributed by atoms with van der Waals surface area (Å²) >= 11 is 0. The number of nitrogens with zero attached hydrogens (tertiary/aromatic N) is 1. The molecule has 1 rings (SSSR count). The number of amides is 1. The SMILES string of the molecule is CCC(CC)(NC(=O)Cc1cccc(OC)c1)/C(N)=N/O. The molecule has 1 amide bonds. The molecule has 0 heterocycles. The van der Waals surface area contributed by atoms with Crippen LogP contribution in [0.1, 0.15) is 32.3 Å². The Morgan fingerprint density at radius 3 is 2.62 bits per heavy atom. The molecule has 21 heavy (non-hydrogen) atoms. The Bertz CT molecular complexity index is 511. The number of ether oxygens (including phenoxy) is 1. The first-order valence-corrected chi connectivity index (χ1v) is 6.93. The molecule has 0 saturated heterocycles. The number of hydrogen-bond acceptors (Lipinski definition) is 4. The summed E-state index contributed by atoms with van der Waals surface area (Å²) in [6, 6.07) is 7.31. The van der Waals surface area contributed by atoms with Crippen LogP contribution in [0.15, 0.2) is 29.4 Å². The first-order valence-electron chi connectivity index (χ1n) is 6.93. The van der Waals surface area contributed by atoms with Crippen LogP contribution in [-0.4, -0.2) is 29.6 Å². The lowest BCUT2D eigenvalue weighted by molar-refractivity contribution is -0.121. The number of amidine groups is 1. The predicted molar refractivity (Wildman–Crippen MR) is 81.6 cm³/mol. The minimum Gasteiger partial charge on any atom is -0.497 e. The number of nitrogens with one attached hydrogen (secondary N) is 1. The van der Waals surface area contributed by atoms with Crippen molar-refractivity contribution in [3.05, 3.63) is 29.8 Å². The Morgan fingerprint density at radius 2 is 2.10 bits per heavy atom. The van der Waals surface area contributed by atoms with Gasteiger partial charge in [-0.25, -0.2) is 0 Å². The van der Waals surface area contributed by atoms with Gasteiger partial charge in [0.1, 0.15) is 11.3 Å². The van der Waals surface area contributed by atoms with E-state index >= 15 is 0 Å². The van der Waals surface area contributed by atoms with Crippen LogP contribution in [0.2, 0.25) is 0 Å². The lowest BCUT2D eigenvalue weighted by atomic mass is 9.91. The van der Waals surface area contributed by atoms with Crippen molar-refractivity contribution in [2.45, 2.75) is 38.6 Å². The first kappa shape index (κ1) is 16.8. The number of rotatable bonds is 7. The normalized spacial score (nSPS) is 12.0. The molecule has 0 aromatic heterocycles. The minimum atomic E-state index is -0.815. The van der Waals surface area contributed by atoms with Crippen LogP contribution in [-0.2, 0) is 11.2 Å². The fourth-order valence-corrected chi connectivity index (χ4v) is 2.23. The molecular formula is C15H23N3O3. The summed E-state index contributed by atoms with van der Waals surface area (Å²) < 4.78 is 5.13. The van der Waals surface area contributed by atoms with Gasteiger partial charge in [-0.05, 0) is 30.5 Å². The zero-order chi connectivity index (χ0) is 15.9. The van der Waals surface area contributed by atoms with Crippen molar-refractivity contribution in [3.8, 4) is 5.75 Å². The van der Waals surface area contributed by atoms with Gasteiger partial charge in [-0.15, -0.1) is 0 Å². The molecule has 0 unspecified atom stereocenters. The van der Waals surface area contributed by atoms with Gasteiger partial charge in [-0.2, -0.15) is 0 Å². The van der Waals surface area contributed by atoms with E-state index in [-0.39, 0.29) is 18.2 Å². The van der Waals surface area contributed by atoms with Gasteiger partial charge in [-0.1, -0.05) is 31.1 Å². The van der Waals surface area contributed by atoms with Crippen LogP contribution >= 0.6 is 0 Å². The highest BCUT2D eigenvalue weighted by atomic mass is 16.5. The summed E-state index contributed by atoms with van der Waals surface area (Å²) in [7, 11) is 1.58. The monoisotopic (exact) mass is 293 g/mol. The van der Waals surface area contributed by atoms with Crippen molar-refractivity contribution in [1.29, 1.82) is 0 Å². The molecule has 0 aliphatic rings. The molecule has 0 fully saturated rings. The standard InChI is InChI=1S/C15H23N3O3/c1-4-15(5-2,14(16)18-20)17-13(19)10-11-7-6-8-12(9-11)21-3/h6-9,20H,4-5,10H2,1-3H3,(H2,16,18)(H,17,19). The number of carbonyl (C=O) groups is 1. The van der Waals surface area contributed by atoms with Crippen molar-refractivity contribution in [2.75, 3.05) is 7.11 Å². The van der Waals surface area contributed by atoms with Gasteiger partial charge < -0.3 is 21.0 Å². The fraction of sp³-hybridized carbons (Fsp3) is 0.467. The van der Waals surface area contributed by atoms with Gasteiger partial charge in [0.2, 0.25) is 5.91 Å². The van der Waals surface area contributed by atoms with Gasteiger partial charge >= 0.3 is 0 Å². The number of carbonyl (C=O) groups excluding carboxylic acids is 1. The molecule has 4 N–H and O–H groups in total. The van der Waals surface area contributed by atoms with E-state index in [0.29, 0.717) is 18.6 Å². The third kappa shape index (κ3) is 4.11. The Morgan fingerprint density at radius 1 is 1.43 bits per heavy atom. The van der Waals surface area contributed by atoms with Crippen LogP contribution in [0.25, 0.3) is 0 Å². The molecule has 0 atom stereocenters. The maximum Gasteiger partial charge on any atom is 0.225 e. The van der Waals surface area contributed by atoms with Crippen LogP contribution in [0.3, 0.4) is 0 Å². The van der Waals surface area contributed by atoms with Crippen LogP contribution in [0, 0.1) is 0 Å². The second kappa shape index (κ2) is 7.52. The number of methoxy groups -OCH3 is 1. The molecule has 0 bridgehead atoms. The molecule has 0 radical (unpaired) electrons. The van der Waals surface area contributed by atoms with Gasteiger partial charge in [0, 0.05) is 0 Å². The highest BCUT2D eigenvalue weighted by Crippen LogP contribution is 2.17. The van der Waals surface area contributed by atoms with Crippen molar-refractivity contribution >= 4 is 11.7 Å². The van der Waals surface area contributed by atoms with Gasteiger partial charge in [0.25, 0.3) is 0 Å². The Hall–Kier alpha value is -2.24. The maximum atomic E-state index is 12.2. The van der Waals surface area contributed by atoms with Crippen LogP contribution in [0.5, 0.6) is 5.75 Å². The molecule has 6 nitrogen and oxygen atoms in total. The first-order chi connectivity index (χ1) is 10.0. The predicted octanol–water partition coefficient (Wildman–Crippen LogP) is 1.66. The second-order valence-corrected chi connectivity index (χ2v) is 4.85. The summed E-state index contributed by atoms with van der Waals surface area (Å²) in [5, 5.41) is 14.8. The van der Waals surface area contributed by atoms with E-state index in [1.807, 2.05) is 38.1 Å². The smallest absolute Gasteiger partial charge is 0.225 e. The lowest BCUT2D eigenvalue weighted by Crippen LogP contribution is -2.57. The average Bonchev–Trinajstić information content (AvgIpc) is 2.52. The van der Waals surface area contributed by atoms with Crippen molar-refractivity contribution < 1.29 is 14.7 Å². The Kier molecular flexibility index (Phi) is 6.02. The molecule has 1 aromatic carbocycles. The summed E-state index contributed by atoms with van der Waals surface area (Å²) in [5.41, 5.74) is 5.75. The minimum absolute atomic E-state index is 0.0199. The molecule has 116 valence electrons. The van der Waals surface area contributed by atoms with E-state index in [2.05, 4.69) is 10.5 Å². The number of oxime groups is 1.